The molecule has 3 heteroatoms. The van der Waals surface area contributed by atoms with Gasteiger partial charge in [0, 0.05) is 11.5 Å². The highest BCUT2D eigenvalue weighted by atomic mass is 19.1. The smallest absolute Gasteiger partial charge is 0.123 e. The highest BCUT2D eigenvalue weighted by Crippen LogP contribution is 2.44. The molecule has 1 nitrogen and oxygen atoms in total. The third-order valence-electron chi connectivity index (χ3n) is 4.68. The molecule has 0 aromatic heterocycles. The summed E-state index contributed by atoms with van der Waals surface area (Å²) in [6.07, 6.45) is 3.67. The molecule has 2 N–H and O–H groups in total. The van der Waals surface area contributed by atoms with E-state index in [0.29, 0.717) is 0 Å². The maximum absolute atomic E-state index is 13.2. The maximum Gasteiger partial charge on any atom is 0.123 e. The van der Waals surface area contributed by atoms with E-state index in [-0.39, 0.29) is 23.1 Å². The van der Waals surface area contributed by atoms with Crippen molar-refractivity contribution in [2.45, 2.75) is 37.1 Å². The largest absolute Gasteiger partial charge is 0.328 e. The quantitative estimate of drug-likeness (QED) is 0.882. The highest BCUT2D eigenvalue weighted by Gasteiger charge is 2.37. The van der Waals surface area contributed by atoms with E-state index in [0.717, 1.165) is 36.8 Å². The number of rotatable bonds is 2. The van der Waals surface area contributed by atoms with E-state index in [1.54, 1.807) is 0 Å². The van der Waals surface area contributed by atoms with Crippen LogP contribution in [0.1, 0.15) is 36.8 Å². The zero-order chi connectivity index (χ0) is 14.9. The Morgan fingerprint density at radius 1 is 0.762 bits per heavy atom. The Morgan fingerprint density at radius 2 is 1.14 bits per heavy atom. The molecule has 2 aromatic rings. The lowest BCUT2D eigenvalue weighted by atomic mass is 9.64. The summed E-state index contributed by atoms with van der Waals surface area (Å²) in [7, 11) is 0. The summed E-state index contributed by atoms with van der Waals surface area (Å²) in [5.41, 5.74) is 8.03. The van der Waals surface area contributed by atoms with Crippen LogP contribution in [0.3, 0.4) is 0 Å². The monoisotopic (exact) mass is 287 g/mol. The second kappa shape index (κ2) is 5.57. The van der Waals surface area contributed by atoms with E-state index in [2.05, 4.69) is 0 Å². The van der Waals surface area contributed by atoms with Crippen LogP contribution in [-0.2, 0) is 5.41 Å². The predicted molar refractivity (Wildman–Crippen MR) is 80.0 cm³/mol. The molecule has 0 atom stereocenters. The molecule has 21 heavy (non-hydrogen) atoms. The van der Waals surface area contributed by atoms with E-state index in [4.69, 9.17) is 5.73 Å². The van der Waals surface area contributed by atoms with Crippen LogP contribution in [0.2, 0.25) is 0 Å². The Balaban J connectivity index is 2.06. The summed E-state index contributed by atoms with van der Waals surface area (Å²) in [6.45, 7) is 0. The first-order valence-electron chi connectivity index (χ1n) is 7.38. The van der Waals surface area contributed by atoms with E-state index in [1.165, 1.54) is 24.3 Å². The lowest BCUT2D eigenvalue weighted by Gasteiger charge is -2.40. The minimum Gasteiger partial charge on any atom is -0.328 e. The van der Waals surface area contributed by atoms with Crippen LogP contribution in [-0.4, -0.2) is 6.04 Å². The van der Waals surface area contributed by atoms with E-state index < -0.39 is 0 Å². The average molecular weight is 287 g/mol. The molecule has 0 radical (unpaired) electrons. The van der Waals surface area contributed by atoms with Crippen molar-refractivity contribution >= 4 is 0 Å². The molecule has 1 aliphatic rings. The topological polar surface area (TPSA) is 26.0 Å². The molecule has 0 spiro atoms. The van der Waals surface area contributed by atoms with Crippen molar-refractivity contribution in [3.8, 4) is 0 Å². The molecule has 110 valence electrons. The Morgan fingerprint density at radius 3 is 1.52 bits per heavy atom. The molecule has 1 fully saturated rings. The summed E-state index contributed by atoms with van der Waals surface area (Å²) >= 11 is 0. The summed E-state index contributed by atoms with van der Waals surface area (Å²) in [5.74, 6) is -0.471. The van der Waals surface area contributed by atoms with Gasteiger partial charge in [-0.15, -0.1) is 0 Å². The van der Waals surface area contributed by atoms with Crippen LogP contribution in [0.4, 0.5) is 8.78 Å². The van der Waals surface area contributed by atoms with Gasteiger partial charge in [-0.25, -0.2) is 8.78 Å². The van der Waals surface area contributed by atoms with Crippen molar-refractivity contribution in [1.29, 1.82) is 0 Å². The first-order valence-corrected chi connectivity index (χ1v) is 7.38. The van der Waals surface area contributed by atoms with Gasteiger partial charge in [0.15, 0.2) is 0 Å². The van der Waals surface area contributed by atoms with Crippen molar-refractivity contribution in [1.82, 2.24) is 0 Å². The maximum atomic E-state index is 13.2. The zero-order valence-corrected chi connectivity index (χ0v) is 11.9. The second-order valence-electron chi connectivity index (χ2n) is 5.93. The van der Waals surface area contributed by atoms with Crippen molar-refractivity contribution in [3.63, 3.8) is 0 Å². The SMILES string of the molecule is NC1CCC(c2ccc(F)cc2)(c2ccc(F)cc2)CC1. The number of hydrogen-bond donors (Lipinski definition) is 1. The molecule has 0 saturated heterocycles. The number of nitrogens with two attached hydrogens (primary N) is 1. The van der Waals surface area contributed by atoms with Crippen molar-refractivity contribution in [3.05, 3.63) is 71.3 Å². The summed E-state index contributed by atoms with van der Waals surface area (Å²) < 4.78 is 26.5. The Hall–Kier alpha value is -1.74. The average Bonchev–Trinajstić information content (AvgIpc) is 2.50. The zero-order valence-electron chi connectivity index (χ0n) is 11.9. The van der Waals surface area contributed by atoms with Gasteiger partial charge in [-0.1, -0.05) is 24.3 Å². The van der Waals surface area contributed by atoms with Gasteiger partial charge in [0.05, 0.1) is 0 Å². The molecule has 3 rings (SSSR count). The van der Waals surface area contributed by atoms with Gasteiger partial charge in [0.2, 0.25) is 0 Å². The van der Waals surface area contributed by atoms with Gasteiger partial charge in [0.25, 0.3) is 0 Å². The molecule has 0 aliphatic heterocycles. The van der Waals surface area contributed by atoms with Gasteiger partial charge in [-0.2, -0.15) is 0 Å². The van der Waals surface area contributed by atoms with Crippen molar-refractivity contribution in [2.24, 2.45) is 5.73 Å². The van der Waals surface area contributed by atoms with Crippen LogP contribution in [0.25, 0.3) is 0 Å². The van der Waals surface area contributed by atoms with Crippen molar-refractivity contribution < 1.29 is 8.78 Å². The number of hydrogen-bond acceptors (Lipinski definition) is 1. The molecule has 0 bridgehead atoms. The molecular weight excluding hydrogens is 268 g/mol. The lowest BCUT2D eigenvalue weighted by Crippen LogP contribution is -2.37. The first-order chi connectivity index (χ1) is 10.1. The van der Waals surface area contributed by atoms with Crippen LogP contribution >= 0.6 is 0 Å². The van der Waals surface area contributed by atoms with Crippen LogP contribution in [0, 0.1) is 11.6 Å². The van der Waals surface area contributed by atoms with Gasteiger partial charge in [-0.3, -0.25) is 0 Å². The third kappa shape index (κ3) is 2.70. The Bertz CT molecular complexity index is 549. The molecule has 0 unspecified atom stereocenters. The van der Waals surface area contributed by atoms with E-state index in [1.807, 2.05) is 24.3 Å². The van der Waals surface area contributed by atoms with Crippen LogP contribution in [0.15, 0.2) is 48.5 Å². The highest BCUT2D eigenvalue weighted by molar-refractivity contribution is 5.40. The fourth-order valence-corrected chi connectivity index (χ4v) is 3.41. The van der Waals surface area contributed by atoms with Crippen LogP contribution < -0.4 is 5.73 Å². The molecule has 1 saturated carbocycles. The number of benzene rings is 2. The fraction of sp³-hybridized carbons (Fsp3) is 0.333. The minimum atomic E-state index is -0.236. The van der Waals surface area contributed by atoms with Gasteiger partial charge in [0.1, 0.15) is 11.6 Å². The minimum absolute atomic E-state index is 0.183. The fourth-order valence-electron chi connectivity index (χ4n) is 3.41. The standard InChI is InChI=1S/C18H19F2N/c19-15-5-1-13(2-6-15)18(11-9-17(21)10-12-18)14-3-7-16(20)8-4-14/h1-8,17H,9-12,21H2. The summed E-state index contributed by atoms with van der Waals surface area (Å²) in [4.78, 5) is 0. The molecule has 0 amide bonds. The summed E-state index contributed by atoms with van der Waals surface area (Å²) in [6, 6.07) is 13.6. The van der Waals surface area contributed by atoms with Crippen LogP contribution in [0.5, 0.6) is 0 Å². The Kier molecular flexibility index (Phi) is 3.77. The molecule has 1 aliphatic carbocycles. The van der Waals surface area contributed by atoms with E-state index >= 15 is 0 Å². The normalized spacial score (nSPS) is 18.6. The predicted octanol–water partition coefficient (Wildman–Crippen LogP) is 4.15. The Labute approximate surface area is 123 Å². The third-order valence-corrected chi connectivity index (χ3v) is 4.68. The number of halogens is 2. The van der Waals surface area contributed by atoms with Crippen molar-refractivity contribution in [2.75, 3.05) is 0 Å². The lowest BCUT2D eigenvalue weighted by molar-refractivity contribution is 0.315. The molecule has 2 aromatic carbocycles. The van der Waals surface area contributed by atoms with Gasteiger partial charge >= 0.3 is 0 Å². The second-order valence-corrected chi connectivity index (χ2v) is 5.93. The van der Waals surface area contributed by atoms with E-state index in [9.17, 15) is 8.78 Å². The van der Waals surface area contributed by atoms with Gasteiger partial charge in [-0.05, 0) is 61.1 Å². The summed E-state index contributed by atoms with van der Waals surface area (Å²) in [5, 5.41) is 0. The first kappa shape index (κ1) is 14.2. The molecule has 0 heterocycles. The van der Waals surface area contributed by atoms with Gasteiger partial charge < -0.3 is 5.73 Å². The molecular formula is C18H19F2N.